The maximum absolute atomic E-state index is 12.7. The zero-order valence-corrected chi connectivity index (χ0v) is 16.5. The number of hydrogen-bond donors (Lipinski definition) is 1. The van der Waals surface area contributed by atoms with E-state index in [1.807, 2.05) is 0 Å². The fourth-order valence-corrected chi connectivity index (χ4v) is 4.20. The van der Waals surface area contributed by atoms with Gasteiger partial charge in [0.25, 0.3) is 0 Å². The van der Waals surface area contributed by atoms with Crippen LogP contribution >= 0.6 is 0 Å². The predicted octanol–water partition coefficient (Wildman–Crippen LogP) is 1.93. The summed E-state index contributed by atoms with van der Waals surface area (Å²) in [6.45, 7) is 4.14. The number of methoxy groups -OCH3 is 3. The van der Waals surface area contributed by atoms with Crippen LogP contribution < -0.4 is 14.2 Å². The molecule has 1 aromatic rings. The van der Waals surface area contributed by atoms with Gasteiger partial charge in [-0.1, -0.05) is 0 Å². The van der Waals surface area contributed by atoms with Crippen molar-refractivity contribution in [1.82, 2.24) is 0 Å². The number of aliphatic hydroxyl groups is 1. The average molecular weight is 378 g/mol. The molecule has 1 fully saturated rings. The molecule has 0 spiro atoms. The normalized spacial score (nSPS) is 27.8. The fraction of sp³-hybridized carbons (Fsp3) is 0.550. The van der Waals surface area contributed by atoms with E-state index in [9.17, 15) is 19.5 Å². The van der Waals surface area contributed by atoms with Gasteiger partial charge in [-0.3, -0.25) is 14.4 Å². The first kappa shape index (κ1) is 20.9. The molecule has 1 aliphatic carbocycles. The Morgan fingerprint density at radius 2 is 1.56 bits per heavy atom. The van der Waals surface area contributed by atoms with Crippen LogP contribution in [0, 0.1) is 11.8 Å². The number of ether oxygens (including phenoxy) is 3. The first-order valence-electron chi connectivity index (χ1n) is 8.64. The minimum atomic E-state index is -1.56. The smallest absolute Gasteiger partial charge is 0.203 e. The molecule has 4 atom stereocenters. The number of hydrogen-bond acceptors (Lipinski definition) is 7. The summed E-state index contributed by atoms with van der Waals surface area (Å²) in [4.78, 5) is 37.4. The van der Waals surface area contributed by atoms with Crippen LogP contribution in [0.5, 0.6) is 17.2 Å². The Hall–Kier alpha value is -2.41. The molecular weight excluding hydrogens is 352 g/mol. The number of carbonyl (C=O) groups excluding carboxylic acids is 3. The highest BCUT2D eigenvalue weighted by Crippen LogP contribution is 2.49. The van der Waals surface area contributed by atoms with Gasteiger partial charge in [0, 0.05) is 12.3 Å². The van der Waals surface area contributed by atoms with Gasteiger partial charge in [0.15, 0.2) is 11.5 Å². The van der Waals surface area contributed by atoms with Crippen molar-refractivity contribution in [2.45, 2.75) is 38.7 Å². The zero-order chi connectivity index (χ0) is 20.5. The quantitative estimate of drug-likeness (QED) is 0.755. The molecule has 148 valence electrons. The molecule has 0 aromatic heterocycles. The number of carbonyl (C=O) groups is 3. The van der Waals surface area contributed by atoms with E-state index >= 15 is 0 Å². The molecule has 2 rings (SSSR count). The van der Waals surface area contributed by atoms with Gasteiger partial charge >= 0.3 is 0 Å². The topological polar surface area (TPSA) is 99.1 Å². The zero-order valence-electron chi connectivity index (χ0n) is 16.5. The third kappa shape index (κ3) is 3.69. The van der Waals surface area contributed by atoms with Gasteiger partial charge in [-0.25, -0.2) is 0 Å². The second-order valence-electron chi connectivity index (χ2n) is 7.16. The van der Waals surface area contributed by atoms with E-state index < -0.39 is 23.4 Å². The summed E-state index contributed by atoms with van der Waals surface area (Å²) in [5, 5.41) is 10.8. The lowest BCUT2D eigenvalue weighted by molar-refractivity contribution is -0.151. The highest BCUT2D eigenvalue weighted by Gasteiger charge is 2.54. The van der Waals surface area contributed by atoms with E-state index in [1.165, 1.54) is 42.1 Å². The summed E-state index contributed by atoms with van der Waals surface area (Å²) in [6.07, 6.45) is -0.248. The van der Waals surface area contributed by atoms with E-state index in [4.69, 9.17) is 14.2 Å². The third-order valence-corrected chi connectivity index (χ3v) is 5.22. The molecule has 1 N–H and O–H groups in total. The molecule has 0 amide bonds. The Balaban J connectivity index is 2.77. The van der Waals surface area contributed by atoms with Crippen molar-refractivity contribution >= 4 is 17.3 Å². The molecule has 7 nitrogen and oxygen atoms in total. The highest BCUT2D eigenvalue weighted by atomic mass is 16.5. The Kier molecular flexibility index (Phi) is 5.94. The van der Waals surface area contributed by atoms with Crippen LogP contribution in [-0.2, 0) is 14.4 Å². The van der Waals surface area contributed by atoms with Crippen molar-refractivity contribution in [2.75, 3.05) is 21.3 Å². The first-order chi connectivity index (χ1) is 12.6. The summed E-state index contributed by atoms with van der Waals surface area (Å²) in [5.74, 6) is -2.76. The molecule has 0 aliphatic heterocycles. The Bertz CT molecular complexity index is 741. The SMILES string of the molecule is COc1cc([C@@H]2[C@H](C(C)=O)C(=O)C[C@@](C)(O)[C@H]2C(C)=O)cc(OC)c1OC. The predicted molar refractivity (Wildman–Crippen MR) is 97.4 cm³/mol. The van der Waals surface area contributed by atoms with Crippen LogP contribution in [0.3, 0.4) is 0 Å². The summed E-state index contributed by atoms with van der Waals surface area (Å²) in [7, 11) is 4.37. The van der Waals surface area contributed by atoms with Crippen LogP contribution in [0.15, 0.2) is 12.1 Å². The van der Waals surface area contributed by atoms with Gasteiger partial charge < -0.3 is 19.3 Å². The molecule has 1 aliphatic rings. The molecular formula is C20H26O7. The summed E-state index contributed by atoms with van der Waals surface area (Å²) in [6, 6.07) is 3.24. The standard InChI is InChI=1S/C20H26O7/c1-10(21)16-13(23)9-20(3,24)18(11(2)22)17(16)12-7-14(25-4)19(27-6)15(8-12)26-5/h7-8,16-18,24H,9H2,1-6H3/t16-,17-,18+,20-/m1/s1. The molecule has 0 heterocycles. The number of Topliss-reactive ketones (excluding diaryl/α,β-unsaturated/α-hetero) is 3. The van der Waals surface area contributed by atoms with Crippen molar-refractivity contribution in [2.24, 2.45) is 11.8 Å². The molecule has 0 unspecified atom stereocenters. The third-order valence-electron chi connectivity index (χ3n) is 5.22. The second kappa shape index (κ2) is 7.68. The minimum Gasteiger partial charge on any atom is -0.493 e. The Morgan fingerprint density at radius 1 is 1.04 bits per heavy atom. The Labute approximate surface area is 158 Å². The lowest BCUT2D eigenvalue weighted by atomic mass is 9.60. The molecule has 1 aromatic carbocycles. The molecule has 0 radical (unpaired) electrons. The summed E-state index contributed by atoms with van der Waals surface area (Å²) >= 11 is 0. The first-order valence-corrected chi connectivity index (χ1v) is 8.64. The van der Waals surface area contributed by atoms with Gasteiger partial charge in [0.2, 0.25) is 5.75 Å². The average Bonchev–Trinajstić information content (AvgIpc) is 2.57. The van der Waals surface area contributed by atoms with Crippen molar-refractivity contribution in [3.63, 3.8) is 0 Å². The van der Waals surface area contributed by atoms with E-state index in [2.05, 4.69) is 0 Å². The monoisotopic (exact) mass is 378 g/mol. The fourth-order valence-electron chi connectivity index (χ4n) is 4.20. The molecule has 0 saturated heterocycles. The van der Waals surface area contributed by atoms with Gasteiger partial charge in [-0.05, 0) is 38.5 Å². The summed E-state index contributed by atoms with van der Waals surface area (Å²) < 4.78 is 16.0. The Morgan fingerprint density at radius 3 is 1.93 bits per heavy atom. The maximum atomic E-state index is 12.7. The highest BCUT2D eigenvalue weighted by molar-refractivity contribution is 6.05. The second-order valence-corrected chi connectivity index (χ2v) is 7.16. The summed E-state index contributed by atoms with van der Waals surface area (Å²) in [5.41, 5.74) is -1.06. The lowest BCUT2D eigenvalue weighted by Gasteiger charge is -2.44. The van der Waals surface area contributed by atoms with Crippen molar-refractivity contribution in [3.05, 3.63) is 17.7 Å². The van der Waals surface area contributed by atoms with Gasteiger partial charge in [0.05, 0.1) is 38.8 Å². The number of benzene rings is 1. The van der Waals surface area contributed by atoms with Crippen molar-refractivity contribution < 1.29 is 33.7 Å². The van der Waals surface area contributed by atoms with Crippen LogP contribution in [0.4, 0.5) is 0 Å². The maximum Gasteiger partial charge on any atom is 0.203 e. The lowest BCUT2D eigenvalue weighted by Crippen LogP contribution is -2.53. The van der Waals surface area contributed by atoms with Gasteiger partial charge in [-0.15, -0.1) is 0 Å². The van der Waals surface area contributed by atoms with Gasteiger partial charge in [-0.2, -0.15) is 0 Å². The van der Waals surface area contributed by atoms with E-state index in [-0.39, 0.29) is 23.8 Å². The minimum absolute atomic E-state index is 0.248. The van der Waals surface area contributed by atoms with Gasteiger partial charge in [0.1, 0.15) is 17.3 Å². The van der Waals surface area contributed by atoms with Crippen LogP contribution in [0.2, 0.25) is 0 Å². The van der Waals surface area contributed by atoms with Crippen molar-refractivity contribution in [3.8, 4) is 17.2 Å². The van der Waals surface area contributed by atoms with Crippen LogP contribution in [0.25, 0.3) is 0 Å². The van der Waals surface area contributed by atoms with E-state index in [1.54, 1.807) is 12.1 Å². The van der Waals surface area contributed by atoms with E-state index in [0.29, 0.717) is 22.8 Å². The molecule has 0 bridgehead atoms. The van der Waals surface area contributed by atoms with E-state index in [0.717, 1.165) is 0 Å². The molecule has 7 heteroatoms. The van der Waals surface area contributed by atoms with Crippen LogP contribution in [-0.4, -0.2) is 49.4 Å². The molecule has 27 heavy (non-hydrogen) atoms. The largest absolute Gasteiger partial charge is 0.493 e. The molecule has 1 saturated carbocycles. The number of ketones is 3. The van der Waals surface area contributed by atoms with Crippen molar-refractivity contribution in [1.29, 1.82) is 0 Å². The van der Waals surface area contributed by atoms with Crippen LogP contribution in [0.1, 0.15) is 38.7 Å². The number of rotatable bonds is 6.